The van der Waals surface area contributed by atoms with Crippen molar-refractivity contribution in [3.8, 4) is 0 Å². The zero-order valence-corrected chi connectivity index (χ0v) is 19.4. The van der Waals surface area contributed by atoms with Crippen LogP contribution in [0.2, 0.25) is 10.0 Å². The minimum absolute atomic E-state index is 0.711. The number of rotatable bonds is 5. The summed E-state index contributed by atoms with van der Waals surface area (Å²) < 4.78 is 0. The summed E-state index contributed by atoms with van der Waals surface area (Å²) in [4.78, 5) is 9.41. The molecule has 0 aliphatic carbocycles. The van der Waals surface area contributed by atoms with E-state index in [4.69, 9.17) is 33.2 Å². The van der Waals surface area contributed by atoms with E-state index < -0.39 is 0 Å². The molecule has 0 aliphatic heterocycles. The Kier molecular flexibility index (Phi) is 11.9. The van der Waals surface area contributed by atoms with Crippen LogP contribution in [0.1, 0.15) is 26.7 Å². The molecule has 25 heavy (non-hydrogen) atoms. The predicted molar refractivity (Wildman–Crippen MR) is 116 cm³/mol. The van der Waals surface area contributed by atoms with Gasteiger partial charge in [-0.1, -0.05) is 37.0 Å². The molecular formula is C18H18Br2Cl2N2Ni. The summed E-state index contributed by atoms with van der Waals surface area (Å²) in [5.41, 5.74) is 3.75. The number of aliphatic imine (C=N–C) groups is 2. The van der Waals surface area contributed by atoms with Crippen LogP contribution in [0.5, 0.6) is 0 Å². The van der Waals surface area contributed by atoms with Gasteiger partial charge in [0.1, 0.15) is 0 Å². The Balaban J connectivity index is 0.000000970. The van der Waals surface area contributed by atoms with Gasteiger partial charge in [0.05, 0.1) is 22.8 Å². The van der Waals surface area contributed by atoms with Gasteiger partial charge in [-0.2, -0.15) is 0 Å². The Morgan fingerprint density at radius 1 is 0.760 bits per heavy atom. The first-order chi connectivity index (χ1) is 12.0. The normalized spacial score (nSPS) is 11.9. The third-order valence-electron chi connectivity index (χ3n) is 3.18. The van der Waals surface area contributed by atoms with Crippen molar-refractivity contribution >= 4 is 74.5 Å². The second kappa shape index (κ2) is 13.1. The summed E-state index contributed by atoms with van der Waals surface area (Å²) in [5.74, 6) is 0. The molecule has 0 N–H and O–H groups in total. The van der Waals surface area contributed by atoms with Crippen molar-refractivity contribution in [2.24, 2.45) is 9.98 Å². The van der Waals surface area contributed by atoms with Crippen LogP contribution in [0.25, 0.3) is 0 Å². The zero-order chi connectivity index (χ0) is 18.7. The maximum absolute atomic E-state index is 5.91. The van der Waals surface area contributed by atoms with Crippen LogP contribution in [-0.4, -0.2) is 11.4 Å². The monoisotopic (exact) mass is 548 g/mol. The quantitative estimate of drug-likeness (QED) is 0.264. The van der Waals surface area contributed by atoms with Gasteiger partial charge in [0.15, 0.2) is 0 Å². The zero-order valence-electron chi connectivity index (χ0n) is 13.8. The minimum atomic E-state index is 0.711. The third-order valence-corrected chi connectivity index (χ3v) is 3.69. The summed E-state index contributed by atoms with van der Waals surface area (Å²) >= 11 is 17.8. The third kappa shape index (κ3) is 8.83. The Morgan fingerprint density at radius 3 is 1.28 bits per heavy atom. The molecular weight excluding hydrogens is 534 g/mol. The van der Waals surface area contributed by atoms with E-state index in [0.717, 1.165) is 35.6 Å². The molecule has 0 bridgehead atoms. The average Bonchev–Trinajstić information content (AvgIpc) is 2.62. The van der Waals surface area contributed by atoms with Crippen LogP contribution in [0.3, 0.4) is 0 Å². The molecule has 0 unspecified atom stereocenters. The van der Waals surface area contributed by atoms with E-state index in [-0.39, 0.29) is 0 Å². The van der Waals surface area contributed by atoms with Gasteiger partial charge in [-0.3, -0.25) is 9.98 Å². The Labute approximate surface area is 179 Å². The van der Waals surface area contributed by atoms with Crippen LogP contribution >= 0.6 is 51.7 Å². The van der Waals surface area contributed by atoms with Gasteiger partial charge in [-0.25, -0.2) is 0 Å². The van der Waals surface area contributed by atoms with Crippen molar-refractivity contribution < 1.29 is 10.9 Å². The van der Waals surface area contributed by atoms with E-state index in [1.807, 2.05) is 48.5 Å². The fourth-order valence-electron chi connectivity index (χ4n) is 2.04. The number of hydrogen-bond donors (Lipinski definition) is 0. The van der Waals surface area contributed by atoms with Crippen molar-refractivity contribution in [2.45, 2.75) is 26.7 Å². The standard InChI is InChI=1S/C18H18Cl2N2.2BrH.Ni/c1-3-17(21-15-9-5-13(19)6-10-15)18(4-2)22-16-11-7-14(20)8-12-16;;;/h5-12H,3-4H2,1-2H3;2*1H;/q;;;+2/p-2. The van der Waals surface area contributed by atoms with E-state index in [0.29, 0.717) is 10.0 Å². The maximum atomic E-state index is 5.91. The molecule has 0 saturated heterocycles. The molecule has 0 spiro atoms. The molecule has 0 amide bonds. The van der Waals surface area contributed by atoms with Crippen LogP contribution in [0, 0.1) is 0 Å². The molecule has 7 heteroatoms. The first-order valence-electron chi connectivity index (χ1n) is 7.53. The van der Waals surface area contributed by atoms with Crippen molar-refractivity contribution in [2.75, 3.05) is 0 Å². The first kappa shape index (κ1) is 22.9. The van der Waals surface area contributed by atoms with Gasteiger partial charge in [0.2, 0.25) is 0 Å². The fourth-order valence-corrected chi connectivity index (χ4v) is 2.29. The SMILES string of the molecule is CCC(=Nc1ccc(Cl)cc1)C(CC)=Nc1ccc(Cl)cc1.[Br][Ni][Br]. The summed E-state index contributed by atoms with van der Waals surface area (Å²) in [6.07, 6.45) is 1.64. The van der Waals surface area contributed by atoms with Gasteiger partial charge in [-0.05, 0) is 61.4 Å². The summed E-state index contributed by atoms with van der Waals surface area (Å²) in [6.45, 7) is 4.17. The van der Waals surface area contributed by atoms with Gasteiger partial charge in [0.25, 0.3) is 0 Å². The van der Waals surface area contributed by atoms with E-state index in [9.17, 15) is 0 Å². The number of nitrogens with zero attached hydrogens (tertiary/aromatic N) is 2. The van der Waals surface area contributed by atoms with Crippen LogP contribution in [0.15, 0.2) is 58.5 Å². The molecule has 0 heterocycles. The molecule has 2 aromatic rings. The summed E-state index contributed by atoms with van der Waals surface area (Å²) in [6, 6.07) is 15.0. The molecule has 0 saturated carbocycles. The van der Waals surface area contributed by atoms with Gasteiger partial charge >= 0.3 is 39.3 Å². The molecule has 2 aromatic carbocycles. The molecule has 2 rings (SSSR count). The van der Waals surface area contributed by atoms with Crippen molar-refractivity contribution in [1.82, 2.24) is 0 Å². The van der Waals surface area contributed by atoms with Gasteiger partial charge in [-0.15, -0.1) is 0 Å². The molecule has 0 fully saturated rings. The molecule has 0 radical (unpaired) electrons. The van der Waals surface area contributed by atoms with Crippen molar-refractivity contribution in [3.63, 3.8) is 0 Å². The van der Waals surface area contributed by atoms with Crippen LogP contribution in [0.4, 0.5) is 11.4 Å². The molecule has 0 atom stereocenters. The number of benzene rings is 2. The Morgan fingerprint density at radius 2 is 1.04 bits per heavy atom. The van der Waals surface area contributed by atoms with Crippen LogP contribution < -0.4 is 0 Å². The first-order valence-corrected chi connectivity index (χ1v) is 13.2. The van der Waals surface area contributed by atoms with Crippen molar-refractivity contribution in [1.29, 1.82) is 0 Å². The van der Waals surface area contributed by atoms with Crippen LogP contribution in [-0.2, 0) is 10.9 Å². The van der Waals surface area contributed by atoms with Gasteiger partial charge < -0.3 is 0 Å². The second-order valence-electron chi connectivity index (χ2n) is 4.82. The van der Waals surface area contributed by atoms with Crippen molar-refractivity contribution in [3.05, 3.63) is 58.6 Å². The van der Waals surface area contributed by atoms with E-state index in [1.165, 1.54) is 10.9 Å². The van der Waals surface area contributed by atoms with E-state index in [2.05, 4.69) is 42.3 Å². The molecule has 0 aromatic heterocycles. The topological polar surface area (TPSA) is 24.7 Å². The van der Waals surface area contributed by atoms with E-state index in [1.54, 1.807) is 0 Å². The number of hydrogen-bond acceptors (Lipinski definition) is 2. The summed E-state index contributed by atoms with van der Waals surface area (Å²) in [5, 5.41) is 1.42. The molecule has 2 nitrogen and oxygen atoms in total. The molecule has 0 aliphatic rings. The Bertz CT molecular complexity index is 641. The Hall–Kier alpha value is -0.186. The van der Waals surface area contributed by atoms with E-state index >= 15 is 0 Å². The predicted octanol–water partition coefficient (Wildman–Crippen LogP) is 8.35. The summed E-state index contributed by atoms with van der Waals surface area (Å²) in [7, 11) is 1.25. The fraction of sp³-hybridized carbons (Fsp3) is 0.222. The second-order valence-corrected chi connectivity index (χ2v) is 10.7. The number of halogens is 4. The molecule has 138 valence electrons. The average molecular weight is 552 g/mol. The van der Waals surface area contributed by atoms with Gasteiger partial charge in [0, 0.05) is 10.0 Å².